The standard InChI is InChI=1S/C30H28N4O6S/c1-3-39-22-12-10-21(11-13-22)34-29(37)26(33(30(34)41)19-28(36)38-2)15-20-17-32(25-9-5-4-8-24(20)25)18-27(35)31-16-23-7-6-14-40-23/h4-15,17H,3,16,18-19H2,1-2H3,(H,31,35)/b26-15-. The maximum atomic E-state index is 13.8. The molecule has 0 saturated carbocycles. The van der Waals surface area contributed by atoms with Crippen LogP contribution in [0.2, 0.25) is 0 Å². The summed E-state index contributed by atoms with van der Waals surface area (Å²) in [5.41, 5.74) is 2.24. The molecular formula is C30H28N4O6S. The molecule has 5 rings (SSSR count). The van der Waals surface area contributed by atoms with Crippen molar-refractivity contribution >= 4 is 57.8 Å². The summed E-state index contributed by atoms with van der Waals surface area (Å²) in [7, 11) is 1.28. The normalized spacial score (nSPS) is 14.2. The van der Waals surface area contributed by atoms with Gasteiger partial charge in [0.25, 0.3) is 5.91 Å². The number of ether oxygens (including phenoxy) is 2. The van der Waals surface area contributed by atoms with E-state index in [9.17, 15) is 14.4 Å². The first kappa shape index (κ1) is 27.7. The third-order valence-corrected chi connectivity index (χ3v) is 6.92. The number of aromatic nitrogens is 1. The van der Waals surface area contributed by atoms with Crippen LogP contribution in [-0.4, -0.2) is 52.6 Å². The fourth-order valence-electron chi connectivity index (χ4n) is 4.59. The fraction of sp³-hybridized carbons (Fsp3) is 0.200. The van der Waals surface area contributed by atoms with Crippen LogP contribution in [0.3, 0.4) is 0 Å². The number of hydrogen-bond acceptors (Lipinski definition) is 7. The minimum absolute atomic E-state index is 0.0565. The first-order valence-corrected chi connectivity index (χ1v) is 13.3. The van der Waals surface area contributed by atoms with Gasteiger partial charge in [0.2, 0.25) is 5.91 Å². The maximum Gasteiger partial charge on any atom is 0.325 e. The van der Waals surface area contributed by atoms with Crippen molar-refractivity contribution in [3.63, 3.8) is 0 Å². The fourth-order valence-corrected chi connectivity index (χ4v) is 4.94. The van der Waals surface area contributed by atoms with E-state index >= 15 is 0 Å². The SMILES string of the molecule is CCOc1ccc(N2C(=O)/C(=C/c3cn(CC(=O)NCc4ccco4)c4ccccc34)N(CC(=O)OC)C2=S)cc1. The average molecular weight is 573 g/mol. The summed E-state index contributed by atoms with van der Waals surface area (Å²) in [6.07, 6.45) is 5.04. The Labute approximate surface area is 241 Å². The second-order valence-electron chi connectivity index (χ2n) is 9.13. The number of nitrogens with one attached hydrogen (secondary N) is 1. The van der Waals surface area contributed by atoms with Crippen LogP contribution < -0.4 is 15.0 Å². The molecular weight excluding hydrogens is 544 g/mol. The number of nitrogens with zero attached hydrogens (tertiary/aromatic N) is 3. The van der Waals surface area contributed by atoms with E-state index < -0.39 is 11.9 Å². The molecule has 2 aromatic heterocycles. The van der Waals surface area contributed by atoms with Gasteiger partial charge in [-0.1, -0.05) is 18.2 Å². The van der Waals surface area contributed by atoms with E-state index in [0.29, 0.717) is 29.4 Å². The minimum atomic E-state index is -0.546. The largest absolute Gasteiger partial charge is 0.494 e. The van der Waals surface area contributed by atoms with Crippen LogP contribution in [-0.2, 0) is 32.2 Å². The summed E-state index contributed by atoms with van der Waals surface area (Å²) in [4.78, 5) is 41.7. The van der Waals surface area contributed by atoms with Gasteiger partial charge >= 0.3 is 5.97 Å². The maximum absolute atomic E-state index is 13.8. The van der Waals surface area contributed by atoms with Gasteiger partial charge in [-0.3, -0.25) is 19.3 Å². The van der Waals surface area contributed by atoms with Crippen molar-refractivity contribution in [3.05, 3.63) is 90.1 Å². The van der Waals surface area contributed by atoms with Gasteiger partial charge in [-0.2, -0.15) is 0 Å². The van der Waals surface area contributed by atoms with Crippen molar-refractivity contribution in [1.82, 2.24) is 14.8 Å². The minimum Gasteiger partial charge on any atom is -0.494 e. The van der Waals surface area contributed by atoms with Gasteiger partial charge in [0.05, 0.1) is 32.2 Å². The predicted octanol–water partition coefficient (Wildman–Crippen LogP) is 4.10. The van der Waals surface area contributed by atoms with Gasteiger partial charge in [-0.25, -0.2) is 0 Å². The molecule has 0 spiro atoms. The lowest BCUT2D eigenvalue weighted by Crippen LogP contribution is -2.35. The number of amides is 2. The Morgan fingerprint density at radius 2 is 1.83 bits per heavy atom. The molecule has 41 heavy (non-hydrogen) atoms. The number of furan rings is 1. The van der Waals surface area contributed by atoms with Crippen molar-refractivity contribution < 1.29 is 28.3 Å². The van der Waals surface area contributed by atoms with E-state index in [-0.39, 0.29) is 36.4 Å². The highest BCUT2D eigenvalue weighted by Gasteiger charge is 2.40. The van der Waals surface area contributed by atoms with E-state index in [1.165, 1.54) is 16.9 Å². The van der Waals surface area contributed by atoms with Crippen LogP contribution in [0.5, 0.6) is 5.75 Å². The molecule has 1 fully saturated rings. The number of para-hydroxylation sites is 1. The van der Waals surface area contributed by atoms with Gasteiger partial charge < -0.3 is 28.7 Å². The third kappa shape index (κ3) is 5.85. The number of benzene rings is 2. The highest BCUT2D eigenvalue weighted by atomic mass is 32.1. The van der Waals surface area contributed by atoms with Crippen LogP contribution in [0.25, 0.3) is 17.0 Å². The van der Waals surface area contributed by atoms with Gasteiger partial charge in [0, 0.05) is 22.7 Å². The number of methoxy groups -OCH3 is 1. The molecule has 2 amide bonds. The summed E-state index contributed by atoms with van der Waals surface area (Å²) >= 11 is 5.67. The Kier molecular flexibility index (Phi) is 8.16. The monoisotopic (exact) mass is 572 g/mol. The lowest BCUT2D eigenvalue weighted by atomic mass is 10.1. The van der Waals surface area contributed by atoms with E-state index in [1.807, 2.05) is 35.8 Å². The van der Waals surface area contributed by atoms with Crippen LogP contribution in [0.1, 0.15) is 18.2 Å². The van der Waals surface area contributed by atoms with E-state index in [0.717, 1.165) is 10.9 Å². The number of esters is 1. The molecule has 1 saturated heterocycles. The molecule has 0 unspecified atom stereocenters. The zero-order valence-corrected chi connectivity index (χ0v) is 23.3. The second-order valence-corrected chi connectivity index (χ2v) is 9.49. The summed E-state index contributed by atoms with van der Waals surface area (Å²) in [6, 6.07) is 18.1. The highest BCUT2D eigenvalue weighted by Crippen LogP contribution is 2.32. The number of carbonyl (C=O) groups is 3. The molecule has 1 N–H and O–H groups in total. The summed E-state index contributed by atoms with van der Waals surface area (Å²) < 4.78 is 17.5. The van der Waals surface area contributed by atoms with E-state index in [2.05, 4.69) is 5.32 Å². The first-order chi connectivity index (χ1) is 19.9. The summed E-state index contributed by atoms with van der Waals surface area (Å²) in [5.74, 6) is 0.177. The molecule has 3 heterocycles. The lowest BCUT2D eigenvalue weighted by Gasteiger charge is -2.19. The third-order valence-electron chi connectivity index (χ3n) is 6.52. The average Bonchev–Trinajstić information content (AvgIpc) is 3.68. The smallest absolute Gasteiger partial charge is 0.325 e. The number of hydrogen-bond donors (Lipinski definition) is 1. The molecule has 10 nitrogen and oxygen atoms in total. The molecule has 0 atom stereocenters. The summed E-state index contributed by atoms with van der Waals surface area (Å²) in [6.45, 7) is 2.49. The van der Waals surface area contributed by atoms with Crippen molar-refractivity contribution in [2.45, 2.75) is 20.0 Å². The number of anilines is 1. The van der Waals surface area contributed by atoms with Gasteiger partial charge in [-0.15, -0.1) is 0 Å². The van der Waals surface area contributed by atoms with Gasteiger partial charge in [-0.05, 0) is 67.7 Å². The Morgan fingerprint density at radius 3 is 2.54 bits per heavy atom. The van der Waals surface area contributed by atoms with E-state index in [1.54, 1.807) is 54.9 Å². The summed E-state index contributed by atoms with van der Waals surface area (Å²) in [5, 5.41) is 3.83. The topological polar surface area (TPSA) is 106 Å². The van der Waals surface area contributed by atoms with Crippen molar-refractivity contribution in [2.75, 3.05) is 25.2 Å². The molecule has 1 aliphatic rings. The lowest BCUT2D eigenvalue weighted by molar-refractivity contribution is -0.140. The molecule has 2 aromatic carbocycles. The molecule has 210 valence electrons. The van der Waals surface area contributed by atoms with Crippen LogP contribution in [0.15, 0.2) is 83.2 Å². The molecule has 4 aromatic rings. The zero-order chi connectivity index (χ0) is 28.9. The Bertz CT molecular complexity index is 1620. The predicted molar refractivity (Wildman–Crippen MR) is 157 cm³/mol. The molecule has 1 aliphatic heterocycles. The number of fused-ring (bicyclic) bond motifs is 1. The molecule has 0 radical (unpaired) electrons. The Morgan fingerprint density at radius 1 is 1.05 bits per heavy atom. The highest BCUT2D eigenvalue weighted by molar-refractivity contribution is 7.80. The van der Waals surface area contributed by atoms with Crippen molar-refractivity contribution in [3.8, 4) is 5.75 Å². The zero-order valence-electron chi connectivity index (χ0n) is 22.5. The second kappa shape index (κ2) is 12.1. The number of rotatable bonds is 10. The van der Waals surface area contributed by atoms with Crippen LogP contribution in [0.4, 0.5) is 5.69 Å². The molecule has 0 bridgehead atoms. The molecule has 0 aliphatic carbocycles. The van der Waals surface area contributed by atoms with Crippen LogP contribution >= 0.6 is 12.2 Å². The van der Waals surface area contributed by atoms with Gasteiger partial charge in [0.15, 0.2) is 5.11 Å². The first-order valence-electron chi connectivity index (χ1n) is 12.9. The Balaban J connectivity index is 1.48. The molecule has 11 heteroatoms. The number of thiocarbonyl (C=S) groups is 1. The van der Waals surface area contributed by atoms with E-state index in [4.69, 9.17) is 26.1 Å². The van der Waals surface area contributed by atoms with Gasteiger partial charge in [0.1, 0.15) is 30.3 Å². The Hall–Kier alpha value is -4.90. The number of carbonyl (C=O) groups excluding carboxylic acids is 3. The van der Waals surface area contributed by atoms with Crippen LogP contribution in [0, 0.1) is 0 Å². The van der Waals surface area contributed by atoms with Crippen molar-refractivity contribution in [2.24, 2.45) is 0 Å². The van der Waals surface area contributed by atoms with Crippen molar-refractivity contribution in [1.29, 1.82) is 0 Å². The quantitative estimate of drug-likeness (QED) is 0.172.